The molecule has 2 saturated carbocycles. The van der Waals surface area contributed by atoms with Crippen LogP contribution in [-0.4, -0.2) is 77.2 Å². The van der Waals surface area contributed by atoms with Crippen molar-refractivity contribution in [2.75, 3.05) is 17.7 Å². The van der Waals surface area contributed by atoms with E-state index in [2.05, 4.69) is 60.6 Å². The smallest absolute Gasteiger partial charge is 0.407 e. The van der Waals surface area contributed by atoms with Crippen molar-refractivity contribution in [3.63, 3.8) is 0 Å². The Kier molecular flexibility index (Phi) is 10.9. The molecule has 6 aromatic rings. The van der Waals surface area contributed by atoms with Crippen LogP contribution in [0.1, 0.15) is 51.4 Å². The first-order chi connectivity index (χ1) is 25.7. The number of pyridine rings is 2. The Labute approximate surface area is 308 Å². The maximum absolute atomic E-state index is 14.4. The Hall–Kier alpha value is -5.48. The van der Waals surface area contributed by atoms with E-state index in [-0.39, 0.29) is 35.8 Å². The molecule has 0 aliphatic heterocycles. The molecule has 14 nitrogen and oxygen atoms in total. The number of aromatic amines is 2. The number of halogens is 3. The van der Waals surface area contributed by atoms with E-state index in [9.17, 15) is 13.6 Å². The van der Waals surface area contributed by atoms with Crippen molar-refractivity contribution in [2.24, 2.45) is 5.73 Å². The molecule has 1 amide bonds. The highest BCUT2D eigenvalue weighted by Crippen LogP contribution is 2.30. The summed E-state index contributed by atoms with van der Waals surface area (Å²) in [7, 11) is 1.33. The quantitative estimate of drug-likeness (QED) is 0.101. The van der Waals surface area contributed by atoms with Gasteiger partial charge < -0.3 is 36.4 Å². The highest BCUT2D eigenvalue weighted by atomic mass is 35.5. The number of carbonyl (C=O) groups is 1. The number of nitrogens with two attached hydrogens (primary N) is 1. The minimum atomic E-state index is -0.534. The van der Waals surface area contributed by atoms with Crippen molar-refractivity contribution < 1.29 is 18.3 Å². The number of ether oxygens (including phenoxy) is 1. The predicted molar refractivity (Wildman–Crippen MR) is 198 cm³/mol. The average molecular weight is 745 g/mol. The molecule has 276 valence electrons. The van der Waals surface area contributed by atoms with Crippen molar-refractivity contribution in [1.82, 2.24) is 45.2 Å². The van der Waals surface area contributed by atoms with Gasteiger partial charge in [0.1, 0.15) is 11.3 Å². The number of H-pyrrole nitrogens is 2. The van der Waals surface area contributed by atoms with E-state index in [1.54, 1.807) is 30.9 Å². The normalized spacial score (nSPS) is 20.0. The van der Waals surface area contributed by atoms with E-state index in [1.807, 2.05) is 12.1 Å². The SMILES string of the molecule is COC(=O)NC1CCCC(Nc2nc(-c3c[nH]c4ncc(Cl)cc34)ncc2F)C1.NC1CCCC(Nc2nc(-c3c[nH]c4ncccc34)ncc2F)C1. The van der Waals surface area contributed by atoms with Gasteiger partial charge in [0, 0.05) is 70.9 Å². The number of methoxy groups -OCH3 is 1. The summed E-state index contributed by atoms with van der Waals surface area (Å²) in [5.41, 5.74) is 8.91. The number of anilines is 2. The van der Waals surface area contributed by atoms with E-state index in [0.717, 1.165) is 73.1 Å². The summed E-state index contributed by atoms with van der Waals surface area (Å²) in [6.45, 7) is 0. The zero-order valence-corrected chi connectivity index (χ0v) is 29.6. The number of carbonyl (C=O) groups excluding carboxylic acids is 1. The van der Waals surface area contributed by atoms with E-state index < -0.39 is 17.7 Å². The lowest BCUT2D eigenvalue weighted by atomic mass is 9.91. The van der Waals surface area contributed by atoms with Gasteiger partial charge in [0.2, 0.25) is 0 Å². The van der Waals surface area contributed by atoms with Crippen LogP contribution < -0.4 is 21.7 Å². The van der Waals surface area contributed by atoms with Crippen LogP contribution in [0.4, 0.5) is 25.2 Å². The zero-order chi connectivity index (χ0) is 36.9. The van der Waals surface area contributed by atoms with E-state index in [1.165, 1.54) is 13.3 Å². The highest BCUT2D eigenvalue weighted by Gasteiger charge is 2.25. The molecule has 6 aromatic heterocycles. The number of amides is 1. The van der Waals surface area contributed by atoms with Crippen LogP contribution in [0.25, 0.3) is 44.8 Å². The number of hydrogen-bond acceptors (Lipinski definition) is 11. The third kappa shape index (κ3) is 8.44. The Morgan fingerprint density at radius 2 is 1.43 bits per heavy atom. The van der Waals surface area contributed by atoms with Gasteiger partial charge in [0.25, 0.3) is 0 Å². The van der Waals surface area contributed by atoms with Crippen molar-refractivity contribution in [3.05, 3.63) is 72.0 Å². The predicted octanol–water partition coefficient (Wildman–Crippen LogP) is 6.73. The van der Waals surface area contributed by atoms with Crippen LogP contribution in [0.3, 0.4) is 0 Å². The average Bonchev–Trinajstić information content (AvgIpc) is 3.78. The Balaban J connectivity index is 0.000000167. The molecule has 2 fully saturated rings. The molecule has 0 radical (unpaired) electrons. The molecular formula is C36H39ClF2N12O2. The first-order valence-electron chi connectivity index (χ1n) is 17.5. The molecule has 0 aromatic carbocycles. The number of hydrogen-bond donors (Lipinski definition) is 6. The van der Waals surface area contributed by atoms with Crippen LogP contribution in [0.15, 0.2) is 55.4 Å². The Morgan fingerprint density at radius 3 is 2.09 bits per heavy atom. The largest absolute Gasteiger partial charge is 0.453 e. The molecule has 0 spiro atoms. The van der Waals surface area contributed by atoms with Gasteiger partial charge in [-0.1, -0.05) is 11.6 Å². The van der Waals surface area contributed by atoms with Crippen molar-refractivity contribution >= 4 is 51.4 Å². The zero-order valence-electron chi connectivity index (χ0n) is 28.9. The third-order valence-electron chi connectivity index (χ3n) is 9.50. The molecule has 0 saturated heterocycles. The standard InChI is InChI=1S/C19H20ClFN6O2.C17H19FN6/c1-29-19(28)26-12-4-2-3-11(6-12)25-18-15(21)9-24-17(27-18)14-8-23-16-13(14)5-10(20)7-22-16;18-14-9-22-16(13-8-21-15-12(13)5-2-6-20-15)24-17(14)23-11-4-1-3-10(19)7-11/h5,7-9,11-12H,2-4,6H2,1H3,(H,22,23)(H,26,28)(H,24,25,27);2,5-6,8-11H,1,3-4,7,19H2,(H,20,21)(H,22,23,24). The highest BCUT2D eigenvalue weighted by molar-refractivity contribution is 6.31. The number of fused-ring (bicyclic) bond motifs is 2. The van der Waals surface area contributed by atoms with Crippen LogP contribution in [-0.2, 0) is 4.74 Å². The minimum absolute atomic E-state index is 0.0257. The van der Waals surface area contributed by atoms with Gasteiger partial charge in [0.15, 0.2) is 34.9 Å². The molecule has 8 rings (SSSR count). The fourth-order valence-corrected chi connectivity index (χ4v) is 7.08. The molecule has 7 N–H and O–H groups in total. The fourth-order valence-electron chi connectivity index (χ4n) is 6.92. The molecular weight excluding hydrogens is 706 g/mol. The lowest BCUT2D eigenvalue weighted by Gasteiger charge is -2.30. The molecule has 2 aliphatic carbocycles. The summed E-state index contributed by atoms with van der Waals surface area (Å²) >= 11 is 6.05. The van der Waals surface area contributed by atoms with E-state index in [4.69, 9.17) is 17.3 Å². The van der Waals surface area contributed by atoms with Crippen LogP contribution in [0.5, 0.6) is 0 Å². The second-order valence-electron chi connectivity index (χ2n) is 13.2. The molecule has 2 aliphatic rings. The second kappa shape index (κ2) is 16.0. The van der Waals surface area contributed by atoms with Gasteiger partial charge in [-0.3, -0.25) is 0 Å². The maximum Gasteiger partial charge on any atom is 0.407 e. The van der Waals surface area contributed by atoms with Gasteiger partial charge in [-0.2, -0.15) is 0 Å². The number of nitrogens with zero attached hydrogens (tertiary/aromatic N) is 6. The lowest BCUT2D eigenvalue weighted by Crippen LogP contribution is -2.41. The Morgan fingerprint density at radius 1 is 0.830 bits per heavy atom. The second-order valence-corrected chi connectivity index (χ2v) is 13.7. The van der Waals surface area contributed by atoms with E-state index in [0.29, 0.717) is 34.3 Å². The topological polar surface area (TPSA) is 197 Å². The van der Waals surface area contributed by atoms with Gasteiger partial charge in [0.05, 0.1) is 24.5 Å². The van der Waals surface area contributed by atoms with Crippen molar-refractivity contribution in [2.45, 2.75) is 75.5 Å². The monoisotopic (exact) mass is 744 g/mol. The summed E-state index contributed by atoms with van der Waals surface area (Å²) in [5, 5.41) is 11.3. The van der Waals surface area contributed by atoms with Crippen LogP contribution in [0, 0.1) is 11.6 Å². The first-order valence-corrected chi connectivity index (χ1v) is 17.9. The molecule has 4 unspecified atom stereocenters. The van der Waals surface area contributed by atoms with Crippen LogP contribution in [0.2, 0.25) is 5.02 Å². The third-order valence-corrected chi connectivity index (χ3v) is 9.70. The number of aromatic nitrogens is 8. The lowest BCUT2D eigenvalue weighted by molar-refractivity contribution is 0.162. The van der Waals surface area contributed by atoms with Crippen LogP contribution >= 0.6 is 11.6 Å². The maximum atomic E-state index is 14.4. The number of rotatable bonds is 7. The van der Waals surface area contributed by atoms with Gasteiger partial charge >= 0.3 is 6.09 Å². The Bertz CT molecular complexity index is 2210. The summed E-state index contributed by atoms with van der Waals surface area (Å²) in [5.74, 6) is 0.214. The number of alkyl carbamates (subject to hydrolysis) is 1. The van der Waals surface area contributed by atoms with Crippen molar-refractivity contribution in [3.8, 4) is 22.8 Å². The summed E-state index contributed by atoms with van der Waals surface area (Å²) in [4.78, 5) is 43.1. The molecule has 17 heteroatoms. The summed E-state index contributed by atoms with van der Waals surface area (Å²) in [6.07, 6.45) is 15.8. The van der Waals surface area contributed by atoms with E-state index >= 15 is 0 Å². The summed E-state index contributed by atoms with van der Waals surface area (Å²) in [6, 6.07) is 5.82. The molecule has 6 heterocycles. The molecule has 4 atom stereocenters. The first kappa shape index (κ1) is 35.9. The van der Waals surface area contributed by atoms with Gasteiger partial charge in [-0.05, 0) is 69.6 Å². The number of nitrogens with one attached hydrogen (secondary N) is 5. The molecule has 0 bridgehead atoms. The van der Waals surface area contributed by atoms with Gasteiger partial charge in [-0.25, -0.2) is 43.5 Å². The summed E-state index contributed by atoms with van der Waals surface area (Å²) < 4.78 is 33.2. The van der Waals surface area contributed by atoms with Gasteiger partial charge in [-0.15, -0.1) is 0 Å². The minimum Gasteiger partial charge on any atom is -0.453 e. The molecule has 53 heavy (non-hydrogen) atoms. The fraction of sp³-hybridized carbons (Fsp3) is 0.361. The van der Waals surface area contributed by atoms with Crippen molar-refractivity contribution in [1.29, 1.82) is 0 Å².